The highest BCUT2D eigenvalue weighted by Gasteiger charge is 2.07. The summed E-state index contributed by atoms with van der Waals surface area (Å²) in [5, 5.41) is 3.23. The summed E-state index contributed by atoms with van der Waals surface area (Å²) in [7, 11) is 1.70. The largest absolute Gasteiger partial charge is 0.497 e. The van der Waals surface area contributed by atoms with Crippen molar-refractivity contribution >= 4 is 0 Å². The third-order valence-electron chi connectivity index (χ3n) is 4.54. The van der Waals surface area contributed by atoms with Crippen LogP contribution in [-0.4, -0.2) is 13.7 Å². The standard InChI is InChI=1S/C13H20.C11H17NO/c1-4-5-12(3)10-13-8-6-11(2)7-9-13;1-9(2)12-8-10-4-6-11(13-3)7-5-10/h6-9,12H,4-5,10H2,1-3H3;4,6-7,10,12H,1,5,8H2,2-3H3. The fourth-order valence-electron chi connectivity index (χ4n) is 2.97. The smallest absolute Gasteiger partial charge is 0.114 e. The van der Waals surface area contributed by atoms with E-state index in [0.717, 1.165) is 30.3 Å². The molecule has 26 heavy (non-hydrogen) atoms. The minimum atomic E-state index is 0.565. The average molecular weight is 356 g/mol. The first kappa shape index (κ1) is 22.1. The molecule has 2 unspecified atom stereocenters. The van der Waals surface area contributed by atoms with E-state index in [1.807, 2.05) is 13.0 Å². The Morgan fingerprint density at radius 2 is 2.00 bits per heavy atom. The van der Waals surface area contributed by atoms with Crippen LogP contribution in [-0.2, 0) is 11.2 Å². The summed E-state index contributed by atoms with van der Waals surface area (Å²) in [6.07, 6.45) is 11.2. The average Bonchev–Trinajstić information content (AvgIpc) is 2.63. The van der Waals surface area contributed by atoms with Gasteiger partial charge in [-0.15, -0.1) is 0 Å². The van der Waals surface area contributed by atoms with Crippen LogP contribution in [0, 0.1) is 18.8 Å². The molecule has 0 aliphatic heterocycles. The third kappa shape index (κ3) is 9.50. The Bertz CT molecular complexity index is 583. The van der Waals surface area contributed by atoms with Crippen LogP contribution in [0.25, 0.3) is 0 Å². The number of hydrogen-bond acceptors (Lipinski definition) is 2. The molecule has 0 amide bonds. The van der Waals surface area contributed by atoms with Crippen LogP contribution in [0.3, 0.4) is 0 Å². The summed E-state index contributed by atoms with van der Waals surface area (Å²) in [4.78, 5) is 0. The van der Waals surface area contributed by atoms with Gasteiger partial charge in [0.1, 0.15) is 5.76 Å². The van der Waals surface area contributed by atoms with Gasteiger partial charge in [0.15, 0.2) is 0 Å². The van der Waals surface area contributed by atoms with E-state index < -0.39 is 0 Å². The molecule has 0 bridgehead atoms. The molecule has 2 nitrogen and oxygen atoms in total. The Hall–Kier alpha value is -1.96. The first-order valence-electron chi connectivity index (χ1n) is 9.81. The minimum Gasteiger partial charge on any atom is -0.497 e. The fraction of sp³-hybridized carbons (Fsp3) is 0.500. The lowest BCUT2D eigenvalue weighted by molar-refractivity contribution is 0.301. The van der Waals surface area contributed by atoms with Gasteiger partial charge >= 0.3 is 0 Å². The second kappa shape index (κ2) is 12.4. The lowest BCUT2D eigenvalue weighted by Crippen LogP contribution is -2.20. The van der Waals surface area contributed by atoms with Crippen LogP contribution in [0.2, 0.25) is 0 Å². The maximum atomic E-state index is 5.10. The van der Waals surface area contributed by atoms with Gasteiger partial charge in [0.25, 0.3) is 0 Å². The predicted molar refractivity (Wildman–Crippen MR) is 114 cm³/mol. The Kier molecular flexibility index (Phi) is 10.5. The molecule has 0 spiro atoms. The van der Waals surface area contributed by atoms with E-state index in [9.17, 15) is 0 Å². The first-order chi connectivity index (χ1) is 12.4. The van der Waals surface area contributed by atoms with E-state index >= 15 is 0 Å². The fourth-order valence-corrected chi connectivity index (χ4v) is 2.97. The number of methoxy groups -OCH3 is 1. The molecule has 0 saturated heterocycles. The molecule has 2 atom stereocenters. The molecule has 0 saturated carbocycles. The molecule has 144 valence electrons. The molecule has 0 aromatic heterocycles. The number of benzene rings is 1. The van der Waals surface area contributed by atoms with Crippen LogP contribution in [0.4, 0.5) is 0 Å². The lowest BCUT2D eigenvalue weighted by atomic mass is 9.96. The summed E-state index contributed by atoms with van der Waals surface area (Å²) in [5.74, 6) is 2.36. The van der Waals surface area contributed by atoms with Crippen molar-refractivity contribution in [2.24, 2.45) is 11.8 Å². The molecule has 0 fully saturated rings. The molecule has 0 radical (unpaired) electrons. The predicted octanol–water partition coefficient (Wildman–Crippen LogP) is 6.19. The summed E-state index contributed by atoms with van der Waals surface area (Å²) in [6, 6.07) is 8.91. The normalized spacial score (nSPS) is 16.8. The molecule has 2 heteroatoms. The summed E-state index contributed by atoms with van der Waals surface area (Å²) in [6.45, 7) is 13.5. The Balaban J connectivity index is 0.000000260. The Labute approximate surface area is 161 Å². The van der Waals surface area contributed by atoms with Gasteiger partial charge in [-0.1, -0.05) is 69.2 Å². The van der Waals surface area contributed by atoms with Crippen molar-refractivity contribution in [3.8, 4) is 0 Å². The first-order valence-corrected chi connectivity index (χ1v) is 9.81. The van der Waals surface area contributed by atoms with Gasteiger partial charge in [0, 0.05) is 12.2 Å². The van der Waals surface area contributed by atoms with Gasteiger partial charge in [0.2, 0.25) is 0 Å². The molecular weight excluding hydrogens is 318 g/mol. The van der Waals surface area contributed by atoms with E-state index in [2.05, 4.69) is 69.1 Å². The van der Waals surface area contributed by atoms with Gasteiger partial charge < -0.3 is 10.1 Å². The highest BCUT2D eigenvalue weighted by molar-refractivity contribution is 5.21. The van der Waals surface area contributed by atoms with E-state index in [1.165, 1.54) is 30.4 Å². The number of allylic oxidation sites excluding steroid dienone is 3. The SMILES string of the molecule is C=C(C)NCC1C=CC(OC)=CC1.CCCC(C)Cc1ccc(C)cc1. The Morgan fingerprint density at radius 3 is 2.50 bits per heavy atom. The van der Waals surface area contributed by atoms with Crippen molar-refractivity contribution in [3.63, 3.8) is 0 Å². The molecule has 2 rings (SSSR count). The number of aryl methyl sites for hydroxylation is 1. The molecule has 1 aliphatic carbocycles. The van der Waals surface area contributed by atoms with Gasteiger partial charge in [-0.3, -0.25) is 0 Å². The molecular formula is C24H37NO. The van der Waals surface area contributed by atoms with E-state index in [1.54, 1.807) is 7.11 Å². The minimum absolute atomic E-state index is 0.565. The van der Waals surface area contributed by atoms with Crippen molar-refractivity contribution in [1.29, 1.82) is 0 Å². The third-order valence-corrected chi connectivity index (χ3v) is 4.54. The topological polar surface area (TPSA) is 21.3 Å². The van der Waals surface area contributed by atoms with Gasteiger partial charge in [0.05, 0.1) is 7.11 Å². The van der Waals surface area contributed by atoms with Crippen molar-refractivity contribution in [2.75, 3.05) is 13.7 Å². The highest BCUT2D eigenvalue weighted by Crippen LogP contribution is 2.16. The summed E-state index contributed by atoms with van der Waals surface area (Å²) in [5.41, 5.74) is 3.85. The number of rotatable bonds is 8. The second-order valence-corrected chi connectivity index (χ2v) is 7.41. The van der Waals surface area contributed by atoms with Crippen molar-refractivity contribution < 1.29 is 4.74 Å². The summed E-state index contributed by atoms with van der Waals surface area (Å²) < 4.78 is 5.10. The Morgan fingerprint density at radius 1 is 1.31 bits per heavy atom. The maximum absolute atomic E-state index is 5.10. The zero-order chi connectivity index (χ0) is 19.4. The van der Waals surface area contributed by atoms with Crippen LogP contribution in [0.5, 0.6) is 0 Å². The number of ether oxygens (including phenoxy) is 1. The van der Waals surface area contributed by atoms with Crippen LogP contribution in [0.15, 0.2) is 60.5 Å². The van der Waals surface area contributed by atoms with Gasteiger partial charge in [-0.05, 0) is 56.2 Å². The van der Waals surface area contributed by atoms with Crippen LogP contribution < -0.4 is 5.32 Å². The molecule has 1 N–H and O–H groups in total. The molecule has 1 aromatic rings. The molecule has 1 aliphatic rings. The van der Waals surface area contributed by atoms with E-state index in [0.29, 0.717) is 5.92 Å². The number of hydrogen-bond donors (Lipinski definition) is 1. The quantitative estimate of drug-likeness (QED) is 0.600. The van der Waals surface area contributed by atoms with E-state index in [4.69, 9.17) is 4.74 Å². The zero-order valence-corrected chi connectivity index (χ0v) is 17.3. The van der Waals surface area contributed by atoms with Gasteiger partial charge in [-0.2, -0.15) is 0 Å². The van der Waals surface area contributed by atoms with Gasteiger partial charge in [-0.25, -0.2) is 0 Å². The molecule has 1 aromatic carbocycles. The zero-order valence-electron chi connectivity index (χ0n) is 17.3. The van der Waals surface area contributed by atoms with Crippen molar-refractivity contribution in [3.05, 3.63) is 71.7 Å². The molecule has 0 heterocycles. The van der Waals surface area contributed by atoms with Crippen molar-refractivity contribution in [1.82, 2.24) is 5.32 Å². The lowest BCUT2D eigenvalue weighted by Gasteiger charge is -2.16. The van der Waals surface area contributed by atoms with E-state index in [-0.39, 0.29) is 0 Å². The maximum Gasteiger partial charge on any atom is 0.114 e. The van der Waals surface area contributed by atoms with Crippen molar-refractivity contribution in [2.45, 2.75) is 53.4 Å². The summed E-state index contributed by atoms with van der Waals surface area (Å²) >= 11 is 0. The second-order valence-electron chi connectivity index (χ2n) is 7.41. The van der Waals surface area contributed by atoms with Crippen LogP contribution in [0.1, 0.15) is 51.2 Å². The number of nitrogens with one attached hydrogen (secondary N) is 1. The monoisotopic (exact) mass is 355 g/mol. The highest BCUT2D eigenvalue weighted by atomic mass is 16.5. The van der Waals surface area contributed by atoms with Crippen LogP contribution >= 0.6 is 0 Å².